The Hall–Kier alpha value is -1.91. The molecule has 0 aromatic heterocycles. The van der Waals surface area contributed by atoms with Gasteiger partial charge in [-0.1, -0.05) is 6.58 Å². The molecule has 0 aromatic rings. The molecule has 2 N–H and O–H groups in total. The lowest BCUT2D eigenvalue weighted by atomic mass is 10.6. The summed E-state index contributed by atoms with van der Waals surface area (Å²) in [6.07, 6.45) is 3.62. The van der Waals surface area contributed by atoms with Gasteiger partial charge in [0.1, 0.15) is 0 Å². The molecule has 0 bridgehead atoms. The third-order valence-electron chi connectivity index (χ3n) is 1.06. The summed E-state index contributed by atoms with van der Waals surface area (Å²) in [6, 6.07) is 0. The maximum Gasteiger partial charge on any atom is 0.250 e. The molecule has 5 nitrogen and oxygen atoms in total. The molecule has 0 aromatic carbocycles. The highest BCUT2D eigenvalue weighted by Gasteiger charge is 2.06. The van der Waals surface area contributed by atoms with Crippen molar-refractivity contribution < 1.29 is 14.4 Å². The zero-order chi connectivity index (χ0) is 10.3. The Kier molecular flexibility index (Phi) is 4.87. The van der Waals surface area contributed by atoms with Crippen LogP contribution in [0.3, 0.4) is 0 Å². The van der Waals surface area contributed by atoms with Crippen LogP contribution in [-0.2, 0) is 14.4 Å². The first kappa shape index (κ1) is 11.1. The molecule has 1 aliphatic rings. The molecule has 0 aliphatic carbocycles. The molecule has 0 fully saturated rings. The first-order valence-electron chi connectivity index (χ1n) is 3.47. The number of imide groups is 1. The highest BCUT2D eigenvalue weighted by molar-refractivity contribution is 6.12. The maximum atomic E-state index is 10.0. The van der Waals surface area contributed by atoms with E-state index in [2.05, 4.69) is 11.9 Å². The van der Waals surface area contributed by atoms with Gasteiger partial charge in [0.15, 0.2) is 0 Å². The number of hydrogen-bond donors (Lipinski definition) is 2. The molecular weight excluding hydrogens is 172 g/mol. The van der Waals surface area contributed by atoms with E-state index in [1.165, 1.54) is 18.2 Å². The fourth-order valence-corrected chi connectivity index (χ4v) is 0.458. The monoisotopic (exact) mass is 182 g/mol. The molecular formula is C8H10N2O3. The molecule has 0 radical (unpaired) electrons. The fourth-order valence-electron chi connectivity index (χ4n) is 0.458. The highest BCUT2D eigenvalue weighted by atomic mass is 16.2. The Morgan fingerprint density at radius 3 is 2.00 bits per heavy atom. The fraction of sp³-hybridized carbons (Fsp3) is 0.125. The Balaban J connectivity index is 0.000000226. The second-order valence-electron chi connectivity index (χ2n) is 2.01. The van der Waals surface area contributed by atoms with Crippen LogP contribution in [0, 0.1) is 0 Å². The van der Waals surface area contributed by atoms with Crippen LogP contribution in [0.4, 0.5) is 0 Å². The van der Waals surface area contributed by atoms with Crippen molar-refractivity contribution in [2.45, 2.75) is 0 Å². The zero-order valence-electron chi connectivity index (χ0n) is 7.16. The van der Waals surface area contributed by atoms with E-state index >= 15 is 0 Å². The normalized spacial score (nSPS) is 12.7. The Labute approximate surface area is 75.5 Å². The van der Waals surface area contributed by atoms with Gasteiger partial charge in [0.05, 0.1) is 0 Å². The number of nitrogens with one attached hydrogen (secondary N) is 2. The molecule has 0 unspecified atom stereocenters. The molecule has 0 atom stereocenters. The van der Waals surface area contributed by atoms with Crippen molar-refractivity contribution in [3.05, 3.63) is 24.8 Å². The van der Waals surface area contributed by atoms with Crippen LogP contribution >= 0.6 is 0 Å². The van der Waals surface area contributed by atoms with Crippen molar-refractivity contribution in [3.63, 3.8) is 0 Å². The van der Waals surface area contributed by atoms with Crippen molar-refractivity contribution in [3.8, 4) is 0 Å². The first-order valence-corrected chi connectivity index (χ1v) is 3.47. The number of likely N-dealkylation sites (N-methyl/N-ethyl adjacent to an activating group) is 1. The van der Waals surface area contributed by atoms with Gasteiger partial charge in [0.2, 0.25) is 5.91 Å². The van der Waals surface area contributed by atoms with Crippen molar-refractivity contribution in [1.29, 1.82) is 0 Å². The number of hydrogen-bond acceptors (Lipinski definition) is 3. The summed E-state index contributed by atoms with van der Waals surface area (Å²) < 4.78 is 0. The minimum Gasteiger partial charge on any atom is -0.356 e. The second kappa shape index (κ2) is 5.70. The van der Waals surface area contributed by atoms with E-state index in [0.717, 1.165) is 0 Å². The molecule has 1 aliphatic heterocycles. The summed E-state index contributed by atoms with van der Waals surface area (Å²) >= 11 is 0. The third-order valence-corrected chi connectivity index (χ3v) is 1.06. The van der Waals surface area contributed by atoms with Gasteiger partial charge < -0.3 is 5.32 Å². The molecule has 1 rings (SSSR count). The van der Waals surface area contributed by atoms with Gasteiger partial charge in [-0.15, -0.1) is 0 Å². The summed E-state index contributed by atoms with van der Waals surface area (Å²) in [4.78, 5) is 30.0. The van der Waals surface area contributed by atoms with Gasteiger partial charge in [-0.05, 0) is 6.08 Å². The lowest BCUT2D eigenvalue weighted by Crippen LogP contribution is -2.19. The van der Waals surface area contributed by atoms with E-state index < -0.39 is 0 Å². The van der Waals surface area contributed by atoms with Crippen LogP contribution in [0.5, 0.6) is 0 Å². The standard InChI is InChI=1S/C4H3NO2.C4H7NO/c6-3-1-2-4(7)5-3;1-3-4(6)5-2/h1-2H,(H,5,6,7);3H,1H2,2H3,(H,5,6). The molecule has 3 amide bonds. The number of amides is 3. The smallest absolute Gasteiger partial charge is 0.250 e. The number of rotatable bonds is 1. The Bertz CT molecular complexity index is 253. The molecule has 70 valence electrons. The molecule has 1 heterocycles. The minimum absolute atomic E-state index is 0.144. The van der Waals surface area contributed by atoms with Crippen LogP contribution in [0.1, 0.15) is 0 Å². The maximum absolute atomic E-state index is 10.0. The van der Waals surface area contributed by atoms with Crippen LogP contribution in [-0.4, -0.2) is 24.8 Å². The van der Waals surface area contributed by atoms with Crippen LogP contribution in [0.15, 0.2) is 24.8 Å². The van der Waals surface area contributed by atoms with Gasteiger partial charge in [-0.3, -0.25) is 19.7 Å². The van der Waals surface area contributed by atoms with E-state index in [9.17, 15) is 14.4 Å². The summed E-state index contributed by atoms with van der Waals surface area (Å²) in [5, 5.41) is 4.39. The van der Waals surface area contributed by atoms with Gasteiger partial charge in [-0.25, -0.2) is 0 Å². The van der Waals surface area contributed by atoms with Crippen LogP contribution < -0.4 is 10.6 Å². The topological polar surface area (TPSA) is 75.3 Å². The average molecular weight is 182 g/mol. The van der Waals surface area contributed by atoms with Crippen molar-refractivity contribution in [2.24, 2.45) is 0 Å². The molecule has 0 spiro atoms. The van der Waals surface area contributed by atoms with Gasteiger partial charge in [0, 0.05) is 19.2 Å². The van der Waals surface area contributed by atoms with Gasteiger partial charge in [0.25, 0.3) is 11.8 Å². The summed E-state index contributed by atoms with van der Waals surface area (Å²) in [5.74, 6) is -0.801. The van der Waals surface area contributed by atoms with Crippen molar-refractivity contribution >= 4 is 17.7 Å². The lowest BCUT2D eigenvalue weighted by Gasteiger charge is -1.82. The van der Waals surface area contributed by atoms with Gasteiger partial charge in [-0.2, -0.15) is 0 Å². The van der Waals surface area contributed by atoms with Crippen LogP contribution in [0.2, 0.25) is 0 Å². The molecule has 0 saturated carbocycles. The second-order valence-corrected chi connectivity index (χ2v) is 2.01. The van der Waals surface area contributed by atoms with E-state index in [1.54, 1.807) is 7.05 Å². The number of carbonyl (C=O) groups excluding carboxylic acids is 3. The van der Waals surface area contributed by atoms with E-state index in [4.69, 9.17) is 0 Å². The largest absolute Gasteiger partial charge is 0.356 e. The lowest BCUT2D eigenvalue weighted by molar-refractivity contribution is -0.123. The quantitative estimate of drug-likeness (QED) is 0.408. The zero-order valence-corrected chi connectivity index (χ0v) is 7.16. The van der Waals surface area contributed by atoms with E-state index in [1.807, 2.05) is 5.32 Å². The number of carbonyl (C=O) groups is 3. The summed E-state index contributed by atoms with van der Waals surface area (Å²) in [6.45, 7) is 3.22. The minimum atomic E-state index is -0.329. The first-order chi connectivity index (χ1) is 6.10. The summed E-state index contributed by atoms with van der Waals surface area (Å²) in [5.41, 5.74) is 0. The Morgan fingerprint density at radius 1 is 1.46 bits per heavy atom. The molecule has 5 heteroatoms. The van der Waals surface area contributed by atoms with Crippen molar-refractivity contribution in [1.82, 2.24) is 10.6 Å². The van der Waals surface area contributed by atoms with Crippen molar-refractivity contribution in [2.75, 3.05) is 7.05 Å². The summed E-state index contributed by atoms with van der Waals surface area (Å²) in [7, 11) is 1.56. The van der Waals surface area contributed by atoms with E-state index in [0.29, 0.717) is 0 Å². The highest BCUT2D eigenvalue weighted by Crippen LogP contribution is 1.82. The SMILES string of the molecule is C=CC(=O)NC.O=C1C=CC(=O)N1. The average Bonchev–Trinajstić information content (AvgIpc) is 2.49. The molecule has 0 saturated heterocycles. The molecule has 13 heavy (non-hydrogen) atoms. The van der Waals surface area contributed by atoms with Gasteiger partial charge >= 0.3 is 0 Å². The Morgan fingerprint density at radius 2 is 1.92 bits per heavy atom. The predicted molar refractivity (Wildman–Crippen MR) is 46.6 cm³/mol. The predicted octanol–water partition coefficient (Wildman–Crippen LogP) is -0.883. The van der Waals surface area contributed by atoms with Crippen LogP contribution in [0.25, 0.3) is 0 Å². The third kappa shape index (κ3) is 5.37. The van der Waals surface area contributed by atoms with E-state index in [-0.39, 0.29) is 17.7 Å².